The Morgan fingerprint density at radius 2 is 2.00 bits per heavy atom. The number of nitrogens with zero attached hydrogens (tertiary/aromatic N) is 2. The summed E-state index contributed by atoms with van der Waals surface area (Å²) in [5.74, 6) is -2.12. The molecular weight excluding hydrogens is 505 g/mol. The Hall–Kier alpha value is -2.89. The predicted octanol–water partition coefficient (Wildman–Crippen LogP) is 1.41. The Labute approximate surface area is 206 Å². The van der Waals surface area contributed by atoms with Crippen LogP contribution in [-0.2, 0) is 30.9 Å². The molecule has 2 N–H and O–H groups in total. The number of sulfonamides is 1. The van der Waals surface area contributed by atoms with Crippen molar-refractivity contribution in [3.05, 3.63) is 29.3 Å². The lowest BCUT2D eigenvalue weighted by molar-refractivity contribution is -0.274. The van der Waals surface area contributed by atoms with Crippen molar-refractivity contribution in [3.8, 4) is 11.8 Å². The van der Waals surface area contributed by atoms with Gasteiger partial charge in [-0.25, -0.2) is 8.42 Å². The molecule has 0 unspecified atom stereocenters. The van der Waals surface area contributed by atoms with Gasteiger partial charge in [-0.2, -0.15) is 9.98 Å². The van der Waals surface area contributed by atoms with E-state index in [1.807, 2.05) is 0 Å². The number of nitrogens with one attached hydrogen (secondary N) is 2. The van der Waals surface area contributed by atoms with E-state index in [-0.39, 0.29) is 50.3 Å². The lowest BCUT2D eigenvalue weighted by atomic mass is 9.87. The first-order chi connectivity index (χ1) is 16.8. The van der Waals surface area contributed by atoms with Gasteiger partial charge in [0.1, 0.15) is 11.3 Å². The van der Waals surface area contributed by atoms with E-state index < -0.39 is 45.4 Å². The molecule has 0 aromatic heterocycles. The van der Waals surface area contributed by atoms with Gasteiger partial charge in [0.15, 0.2) is 0 Å². The summed E-state index contributed by atoms with van der Waals surface area (Å²) in [6.45, 7) is 0.517. The van der Waals surface area contributed by atoms with Crippen LogP contribution in [0.5, 0.6) is 5.75 Å². The normalized spacial score (nSPS) is 20.3. The molecule has 1 atom stereocenters. The van der Waals surface area contributed by atoms with Crippen LogP contribution in [0, 0.1) is 17.2 Å². The van der Waals surface area contributed by atoms with Gasteiger partial charge >= 0.3 is 6.36 Å². The van der Waals surface area contributed by atoms with Gasteiger partial charge in [0.2, 0.25) is 21.8 Å². The highest BCUT2D eigenvalue weighted by Crippen LogP contribution is 2.29. The van der Waals surface area contributed by atoms with Crippen LogP contribution in [-0.4, -0.2) is 69.6 Å². The Morgan fingerprint density at radius 3 is 2.61 bits per heavy atom. The lowest BCUT2D eigenvalue weighted by Crippen LogP contribution is -2.63. The maximum atomic E-state index is 13.4. The van der Waals surface area contributed by atoms with Crippen LogP contribution in [0.2, 0.25) is 0 Å². The lowest BCUT2D eigenvalue weighted by Gasteiger charge is -2.42. The number of likely N-dealkylation sites (tertiary alicyclic amines) is 1. The first-order valence-electron chi connectivity index (χ1n) is 11.2. The summed E-state index contributed by atoms with van der Waals surface area (Å²) < 4.78 is 74.0. The third-order valence-corrected chi connectivity index (χ3v) is 6.85. The van der Waals surface area contributed by atoms with Crippen LogP contribution in [0.3, 0.4) is 0 Å². The molecule has 1 aromatic carbocycles. The van der Waals surface area contributed by atoms with Crippen molar-refractivity contribution in [2.75, 3.05) is 32.6 Å². The summed E-state index contributed by atoms with van der Waals surface area (Å²) in [6.07, 6.45) is -2.74. The molecule has 14 heteroatoms. The van der Waals surface area contributed by atoms with Gasteiger partial charge in [-0.15, -0.1) is 13.2 Å². The van der Waals surface area contributed by atoms with Crippen molar-refractivity contribution in [3.63, 3.8) is 0 Å². The zero-order valence-electron chi connectivity index (χ0n) is 19.6. The number of alkyl halides is 3. The van der Waals surface area contributed by atoms with Crippen molar-refractivity contribution < 1.29 is 40.7 Å². The summed E-state index contributed by atoms with van der Waals surface area (Å²) in [5, 5.41) is 11.5. The minimum Gasteiger partial charge on any atom is -0.405 e. The number of carbonyl (C=O) groups is 2. The number of nitriles is 1. The Balaban J connectivity index is 1.68. The third-order valence-electron chi connectivity index (χ3n) is 6.09. The van der Waals surface area contributed by atoms with Crippen LogP contribution >= 0.6 is 0 Å². The van der Waals surface area contributed by atoms with E-state index in [1.54, 1.807) is 6.07 Å². The second kappa shape index (κ2) is 11.0. The molecule has 3 rings (SSSR count). The largest absolute Gasteiger partial charge is 0.573 e. The molecule has 2 heterocycles. The summed E-state index contributed by atoms with van der Waals surface area (Å²) in [6, 6.07) is 5.26. The summed E-state index contributed by atoms with van der Waals surface area (Å²) >= 11 is 0. The first kappa shape index (κ1) is 27.7. The van der Waals surface area contributed by atoms with Crippen LogP contribution in [0.25, 0.3) is 0 Å². The highest BCUT2D eigenvalue weighted by Gasteiger charge is 2.46. The molecule has 1 aromatic rings. The van der Waals surface area contributed by atoms with Crippen LogP contribution < -0.4 is 14.8 Å². The van der Waals surface area contributed by atoms with Gasteiger partial charge in [0, 0.05) is 38.4 Å². The zero-order valence-corrected chi connectivity index (χ0v) is 20.4. The van der Waals surface area contributed by atoms with Crippen LogP contribution in [0.15, 0.2) is 18.2 Å². The molecule has 0 saturated carbocycles. The van der Waals surface area contributed by atoms with Gasteiger partial charge in [-0.3, -0.25) is 9.59 Å². The number of benzene rings is 1. The quantitative estimate of drug-likeness (QED) is 0.542. The molecular formula is C22H27F3N4O6S. The van der Waals surface area contributed by atoms with Crippen molar-refractivity contribution in [1.82, 2.24) is 14.9 Å². The molecule has 2 aliphatic rings. The Morgan fingerprint density at radius 1 is 1.31 bits per heavy atom. The summed E-state index contributed by atoms with van der Waals surface area (Å²) in [5.41, 5.74) is -1.35. The monoisotopic (exact) mass is 532 g/mol. The number of carbonyl (C=O) groups excluding carboxylic acids is 2. The maximum absolute atomic E-state index is 13.4. The smallest absolute Gasteiger partial charge is 0.405 e. The fraction of sp³-hybridized carbons (Fsp3) is 0.591. The van der Waals surface area contributed by atoms with E-state index in [0.717, 1.165) is 12.3 Å². The average Bonchev–Trinajstić information content (AvgIpc) is 2.81. The van der Waals surface area contributed by atoms with Crippen LogP contribution in [0.4, 0.5) is 13.2 Å². The number of amides is 2. The molecule has 0 aliphatic carbocycles. The van der Waals surface area contributed by atoms with E-state index >= 15 is 0 Å². The molecule has 10 nitrogen and oxygen atoms in total. The van der Waals surface area contributed by atoms with E-state index in [4.69, 9.17) is 10.00 Å². The number of ether oxygens (including phenoxy) is 2. The first-order valence-corrected chi connectivity index (χ1v) is 13.1. The number of hydrogen-bond acceptors (Lipinski definition) is 7. The van der Waals surface area contributed by atoms with Gasteiger partial charge in [0.05, 0.1) is 23.8 Å². The minimum absolute atomic E-state index is 0.0296. The maximum Gasteiger partial charge on any atom is 0.573 e. The summed E-state index contributed by atoms with van der Waals surface area (Å²) in [7, 11) is -3.70. The number of rotatable bonds is 7. The third kappa shape index (κ3) is 7.31. The number of hydrogen-bond donors (Lipinski definition) is 2. The van der Waals surface area contributed by atoms with Crippen LogP contribution in [0.1, 0.15) is 36.8 Å². The molecule has 0 bridgehead atoms. The van der Waals surface area contributed by atoms with Crippen molar-refractivity contribution in [2.24, 2.45) is 5.92 Å². The highest BCUT2D eigenvalue weighted by molar-refractivity contribution is 7.88. The van der Waals surface area contributed by atoms with Crippen molar-refractivity contribution in [1.29, 1.82) is 5.26 Å². The summed E-state index contributed by atoms with van der Waals surface area (Å²) in [4.78, 5) is 27.7. The highest BCUT2D eigenvalue weighted by atomic mass is 32.2. The van der Waals surface area contributed by atoms with E-state index in [9.17, 15) is 31.2 Å². The topological polar surface area (TPSA) is 138 Å². The molecule has 36 heavy (non-hydrogen) atoms. The van der Waals surface area contributed by atoms with Crippen molar-refractivity contribution in [2.45, 2.75) is 44.1 Å². The predicted molar refractivity (Wildman–Crippen MR) is 120 cm³/mol. The van der Waals surface area contributed by atoms with Gasteiger partial charge in [0.25, 0.3) is 0 Å². The van der Waals surface area contributed by atoms with E-state index in [0.29, 0.717) is 19.4 Å². The molecule has 0 spiro atoms. The molecule has 0 radical (unpaired) electrons. The van der Waals surface area contributed by atoms with Gasteiger partial charge in [-0.05, 0) is 37.8 Å². The van der Waals surface area contributed by atoms with Gasteiger partial charge < -0.3 is 19.7 Å². The number of halogens is 3. The molecule has 2 aliphatic heterocycles. The Kier molecular flexibility index (Phi) is 8.48. The fourth-order valence-electron chi connectivity index (χ4n) is 4.43. The molecule has 2 saturated heterocycles. The molecule has 198 valence electrons. The second-order valence-corrected chi connectivity index (χ2v) is 10.6. The molecule has 2 fully saturated rings. The van der Waals surface area contributed by atoms with E-state index in [1.165, 1.54) is 17.0 Å². The Bertz CT molecular complexity index is 1130. The fourth-order valence-corrected chi connectivity index (χ4v) is 5.43. The van der Waals surface area contributed by atoms with Crippen molar-refractivity contribution >= 4 is 21.8 Å². The standard InChI is InChI=1S/C22H27F3N4O6S/c1-36(32,33)28-21(6-9-34-10-7-21)20(31)29-8-2-3-17(14-29)19(30)27-13-16-5-4-15(12-26)11-18(16)35-22(23,24)25/h4-5,11,17,28H,2-3,6-10,13-14H2,1H3,(H,27,30)/t17-/m1/s1. The van der Waals surface area contributed by atoms with E-state index in [2.05, 4.69) is 14.8 Å². The zero-order chi connectivity index (χ0) is 26.6. The second-order valence-electron chi connectivity index (χ2n) is 8.86. The molecule has 2 amide bonds. The average molecular weight is 533 g/mol. The number of piperidine rings is 1. The SMILES string of the molecule is CS(=O)(=O)NC1(C(=O)N2CCC[C@@H](C(=O)NCc3ccc(C#N)cc3OC(F)(F)F)C2)CCOCC1. The van der Waals surface area contributed by atoms with Gasteiger partial charge in [-0.1, -0.05) is 6.07 Å². The minimum atomic E-state index is -4.98.